The molecule has 33 heavy (non-hydrogen) atoms. The summed E-state index contributed by atoms with van der Waals surface area (Å²) in [6.45, 7) is 15.7. The Balaban J connectivity index is 1.81. The van der Waals surface area contributed by atoms with E-state index in [1.54, 1.807) is 18.3 Å². The van der Waals surface area contributed by atoms with Gasteiger partial charge < -0.3 is 4.43 Å². The van der Waals surface area contributed by atoms with E-state index in [0.29, 0.717) is 40.0 Å². The second-order valence-corrected chi connectivity index (χ2v) is 15.7. The van der Waals surface area contributed by atoms with Gasteiger partial charge in [0.25, 0.3) is 0 Å². The number of benzene rings is 1. The summed E-state index contributed by atoms with van der Waals surface area (Å²) < 4.78 is 20.4. The van der Waals surface area contributed by atoms with Crippen molar-refractivity contribution in [3.05, 3.63) is 58.0 Å². The number of halogens is 2. The number of hydrogen-bond donors (Lipinski definition) is 0. The average molecular weight is 489 g/mol. The van der Waals surface area contributed by atoms with Crippen molar-refractivity contribution in [1.82, 2.24) is 4.98 Å². The van der Waals surface area contributed by atoms with Gasteiger partial charge in [-0.2, -0.15) is 0 Å². The summed E-state index contributed by atoms with van der Waals surface area (Å²) >= 11 is 5.88. The van der Waals surface area contributed by atoms with Crippen LogP contribution in [0.2, 0.25) is 21.6 Å². The Bertz CT molecular complexity index is 1050. The molecule has 1 atom stereocenters. The van der Waals surface area contributed by atoms with Gasteiger partial charge in [-0.1, -0.05) is 59.2 Å². The second-order valence-electron chi connectivity index (χ2n) is 9.87. The molecule has 0 aliphatic carbocycles. The van der Waals surface area contributed by atoms with Crippen LogP contribution < -0.4 is 0 Å². The first-order valence-electron chi connectivity index (χ1n) is 11.7. The Hall–Kier alpha value is -1.89. The van der Waals surface area contributed by atoms with Crippen molar-refractivity contribution < 1.29 is 13.6 Å². The summed E-state index contributed by atoms with van der Waals surface area (Å²) in [4.78, 5) is 22.3. The van der Waals surface area contributed by atoms with Gasteiger partial charge in [-0.05, 0) is 47.3 Å². The van der Waals surface area contributed by atoms with Gasteiger partial charge in [-0.15, -0.1) is 0 Å². The molecule has 2 heterocycles. The lowest BCUT2D eigenvalue weighted by molar-refractivity contribution is 0.0992. The second kappa shape index (κ2) is 10.2. The molecule has 7 heteroatoms. The van der Waals surface area contributed by atoms with Crippen LogP contribution in [0, 0.1) is 5.82 Å². The molecule has 0 saturated heterocycles. The normalized spacial score (nSPS) is 14.7. The minimum absolute atomic E-state index is 0.0185. The first kappa shape index (κ1) is 25.7. The fraction of sp³-hybridized carbons (Fsp3) is 0.500. The highest BCUT2D eigenvalue weighted by Gasteiger charge is 2.47. The number of Topliss-reactive ketones (excluding diaryl/α,β-unsaturated/α-hetero) is 1. The molecular weight excluding hydrogens is 455 g/mol. The largest absolute Gasteiger partial charge is 0.408 e. The van der Waals surface area contributed by atoms with E-state index in [4.69, 9.17) is 21.0 Å². The summed E-state index contributed by atoms with van der Waals surface area (Å²) in [5.41, 5.74) is 4.46. The van der Waals surface area contributed by atoms with Crippen molar-refractivity contribution in [3.63, 3.8) is 0 Å². The zero-order valence-corrected chi connectivity index (χ0v) is 22.3. The zero-order chi connectivity index (χ0) is 24.5. The highest BCUT2D eigenvalue weighted by atomic mass is 35.5. The van der Waals surface area contributed by atoms with E-state index in [-0.39, 0.29) is 23.3 Å². The molecule has 1 unspecified atom stereocenters. The van der Waals surface area contributed by atoms with Gasteiger partial charge in [0.05, 0.1) is 16.8 Å². The van der Waals surface area contributed by atoms with Gasteiger partial charge in [0.15, 0.2) is 11.6 Å². The molecule has 0 bridgehead atoms. The van der Waals surface area contributed by atoms with Gasteiger partial charge in [-0.3, -0.25) is 4.79 Å². The highest BCUT2D eigenvalue weighted by molar-refractivity contribution is 6.77. The molecule has 0 N–H and O–H groups in total. The number of rotatable bonds is 9. The van der Waals surface area contributed by atoms with Crippen LogP contribution in [0.1, 0.15) is 70.0 Å². The van der Waals surface area contributed by atoms with E-state index in [9.17, 15) is 9.18 Å². The van der Waals surface area contributed by atoms with Crippen LogP contribution in [0.5, 0.6) is 0 Å². The molecule has 0 radical (unpaired) electrons. The molecule has 1 aromatic heterocycles. The Labute approximate surface area is 202 Å². The lowest BCUT2D eigenvalue weighted by Gasteiger charge is -2.44. The van der Waals surface area contributed by atoms with Gasteiger partial charge in [0.1, 0.15) is 5.82 Å². The fourth-order valence-electron chi connectivity index (χ4n) is 5.32. The number of nitrogens with zero attached hydrogens (tertiary/aromatic N) is 2. The zero-order valence-electron chi connectivity index (χ0n) is 20.6. The van der Waals surface area contributed by atoms with Gasteiger partial charge in [0.2, 0.25) is 8.32 Å². The average Bonchev–Trinajstić information content (AvgIpc) is 3.18. The Morgan fingerprint density at radius 2 is 1.73 bits per heavy atom. The van der Waals surface area contributed by atoms with E-state index in [1.807, 2.05) is 0 Å². The van der Waals surface area contributed by atoms with Crippen LogP contribution in [-0.4, -0.2) is 30.9 Å². The number of pyridine rings is 1. The molecule has 178 valence electrons. The summed E-state index contributed by atoms with van der Waals surface area (Å²) in [5.74, 6) is 0.0412. The number of carbonyl (C=O) groups is 1. The number of ketones is 1. The Morgan fingerprint density at radius 1 is 1.09 bits per heavy atom. The van der Waals surface area contributed by atoms with Crippen molar-refractivity contribution in [2.24, 2.45) is 4.99 Å². The fourth-order valence-corrected chi connectivity index (χ4v) is 11.1. The van der Waals surface area contributed by atoms with Crippen LogP contribution >= 0.6 is 11.6 Å². The maximum absolute atomic E-state index is 13.5. The summed E-state index contributed by atoms with van der Waals surface area (Å²) in [5, 5.41) is 0.0185. The van der Waals surface area contributed by atoms with Crippen molar-refractivity contribution in [1.29, 1.82) is 0 Å². The van der Waals surface area contributed by atoms with Gasteiger partial charge in [0, 0.05) is 30.2 Å². The third kappa shape index (κ3) is 5.13. The standard InChI is InChI=1S/C26H34ClFN2O2Si/c1-15(2)33(16(3)4,17(5)6)32-18(7)24-14-21-20(10-11-29-26(21)30-24)25(31)13-19-8-9-23(28)22(27)12-19/h8-12,15-18H,13-14H2,1-7H3. The maximum atomic E-state index is 13.5. The van der Waals surface area contributed by atoms with E-state index in [1.165, 1.54) is 12.1 Å². The molecule has 2 aromatic rings. The quantitative estimate of drug-likeness (QED) is 0.271. The molecule has 3 rings (SSSR count). The van der Waals surface area contributed by atoms with Crippen LogP contribution in [0.3, 0.4) is 0 Å². The molecule has 0 saturated carbocycles. The van der Waals surface area contributed by atoms with Crippen LogP contribution in [0.4, 0.5) is 10.2 Å². The van der Waals surface area contributed by atoms with Crippen molar-refractivity contribution in [3.8, 4) is 0 Å². The summed E-state index contributed by atoms with van der Waals surface area (Å²) in [6, 6.07) is 6.12. The minimum atomic E-state index is -2.07. The molecule has 1 aliphatic heterocycles. The SMILES string of the molecule is CC(O[Si](C(C)C)(C(C)C)C(C)C)C1=Nc2nccc(C(=O)Cc3ccc(F)c(Cl)c3)c2C1. The smallest absolute Gasteiger partial charge is 0.201 e. The topological polar surface area (TPSA) is 51.6 Å². The first-order chi connectivity index (χ1) is 15.5. The third-order valence-corrected chi connectivity index (χ3v) is 13.3. The molecular formula is C26H34ClFN2O2Si. The van der Waals surface area contributed by atoms with Crippen LogP contribution in [0.25, 0.3) is 0 Å². The van der Waals surface area contributed by atoms with E-state index >= 15 is 0 Å². The molecule has 0 amide bonds. The number of fused-ring (bicyclic) bond motifs is 1. The Kier molecular flexibility index (Phi) is 7.92. The maximum Gasteiger partial charge on any atom is 0.201 e. The predicted octanol–water partition coefficient (Wildman–Crippen LogP) is 7.51. The van der Waals surface area contributed by atoms with Crippen molar-refractivity contribution in [2.45, 2.75) is 84.0 Å². The van der Waals surface area contributed by atoms with E-state index in [2.05, 4.69) is 53.5 Å². The van der Waals surface area contributed by atoms with Crippen LogP contribution in [-0.2, 0) is 17.3 Å². The van der Waals surface area contributed by atoms with Gasteiger partial charge in [-0.25, -0.2) is 14.4 Å². The van der Waals surface area contributed by atoms with Crippen molar-refractivity contribution in [2.75, 3.05) is 0 Å². The van der Waals surface area contributed by atoms with Crippen molar-refractivity contribution >= 4 is 37.2 Å². The number of aliphatic imine (C=N–C) groups is 1. The Morgan fingerprint density at radius 3 is 2.30 bits per heavy atom. The molecule has 4 nitrogen and oxygen atoms in total. The molecule has 0 fully saturated rings. The number of aromatic nitrogens is 1. The lowest BCUT2D eigenvalue weighted by atomic mass is 9.97. The molecule has 0 spiro atoms. The number of hydrogen-bond acceptors (Lipinski definition) is 4. The first-order valence-corrected chi connectivity index (χ1v) is 14.2. The minimum Gasteiger partial charge on any atom is -0.408 e. The predicted molar refractivity (Wildman–Crippen MR) is 136 cm³/mol. The van der Waals surface area contributed by atoms with E-state index < -0.39 is 14.1 Å². The monoisotopic (exact) mass is 488 g/mol. The molecule has 1 aromatic carbocycles. The van der Waals surface area contributed by atoms with Gasteiger partial charge >= 0.3 is 0 Å². The lowest BCUT2D eigenvalue weighted by Crippen LogP contribution is -2.51. The van der Waals surface area contributed by atoms with E-state index in [0.717, 1.165) is 11.3 Å². The third-order valence-electron chi connectivity index (χ3n) is 6.85. The highest BCUT2D eigenvalue weighted by Crippen LogP contribution is 2.43. The molecule has 1 aliphatic rings. The van der Waals surface area contributed by atoms with Crippen LogP contribution in [0.15, 0.2) is 35.5 Å². The number of carbonyl (C=O) groups excluding carboxylic acids is 1. The summed E-state index contributed by atoms with van der Waals surface area (Å²) in [7, 11) is -2.07. The summed E-state index contributed by atoms with van der Waals surface area (Å²) in [6.07, 6.45) is 2.17.